The predicted octanol–water partition coefficient (Wildman–Crippen LogP) is 0.920. The number of esters is 1. The monoisotopic (exact) mass is 280 g/mol. The number of anilines is 1. The van der Waals surface area contributed by atoms with Crippen LogP contribution < -0.4 is 5.73 Å². The van der Waals surface area contributed by atoms with Gasteiger partial charge in [0.1, 0.15) is 6.54 Å². The van der Waals surface area contributed by atoms with Gasteiger partial charge in [-0.2, -0.15) is 0 Å². The lowest BCUT2D eigenvalue weighted by Crippen LogP contribution is -2.39. The van der Waals surface area contributed by atoms with Gasteiger partial charge in [0, 0.05) is 19.3 Å². The minimum absolute atomic E-state index is 0.121. The van der Waals surface area contributed by atoms with Crippen molar-refractivity contribution >= 4 is 17.6 Å². The van der Waals surface area contributed by atoms with Gasteiger partial charge in [-0.3, -0.25) is 9.59 Å². The van der Waals surface area contributed by atoms with E-state index in [4.69, 9.17) is 15.2 Å². The van der Waals surface area contributed by atoms with Gasteiger partial charge >= 0.3 is 5.97 Å². The van der Waals surface area contributed by atoms with E-state index < -0.39 is 5.97 Å². The highest BCUT2D eigenvalue weighted by Gasteiger charge is 2.20. The maximum Gasteiger partial charge on any atom is 0.325 e. The van der Waals surface area contributed by atoms with Crippen molar-refractivity contribution in [3.63, 3.8) is 0 Å². The zero-order valence-electron chi connectivity index (χ0n) is 11.8. The van der Waals surface area contributed by atoms with Crippen molar-refractivity contribution in [2.75, 3.05) is 39.1 Å². The molecule has 20 heavy (non-hydrogen) atoms. The highest BCUT2D eigenvalue weighted by molar-refractivity contribution is 6.00. The molecule has 0 fully saturated rings. The molecule has 110 valence electrons. The maximum absolute atomic E-state index is 12.4. The molecule has 6 heteroatoms. The van der Waals surface area contributed by atoms with Crippen LogP contribution in [0.3, 0.4) is 0 Å². The predicted molar refractivity (Wildman–Crippen MR) is 75.3 cm³/mol. The molecule has 0 atom stereocenters. The first-order valence-electron chi connectivity index (χ1n) is 6.38. The van der Waals surface area contributed by atoms with Gasteiger partial charge in [0.2, 0.25) is 0 Å². The molecule has 2 N–H and O–H groups in total. The number of methoxy groups -OCH3 is 1. The average molecular weight is 280 g/mol. The van der Waals surface area contributed by atoms with Crippen molar-refractivity contribution in [2.45, 2.75) is 6.92 Å². The SMILES string of the molecule is CCOC(=O)CN(CCOC)C(=O)c1ccccc1N. The van der Waals surface area contributed by atoms with Crippen LogP contribution in [0.15, 0.2) is 24.3 Å². The van der Waals surface area contributed by atoms with Gasteiger partial charge in [0.25, 0.3) is 5.91 Å². The number of nitrogens with two attached hydrogens (primary N) is 1. The van der Waals surface area contributed by atoms with Crippen molar-refractivity contribution in [3.05, 3.63) is 29.8 Å². The molecule has 0 aliphatic heterocycles. The Balaban J connectivity index is 2.84. The van der Waals surface area contributed by atoms with E-state index in [1.54, 1.807) is 31.2 Å². The Labute approximate surface area is 118 Å². The lowest BCUT2D eigenvalue weighted by Gasteiger charge is -2.22. The number of hydrogen-bond donors (Lipinski definition) is 1. The second-order valence-electron chi connectivity index (χ2n) is 4.11. The van der Waals surface area contributed by atoms with Crippen LogP contribution in [0, 0.1) is 0 Å². The summed E-state index contributed by atoms with van der Waals surface area (Å²) in [4.78, 5) is 25.3. The zero-order valence-corrected chi connectivity index (χ0v) is 11.8. The molecule has 6 nitrogen and oxygen atoms in total. The van der Waals surface area contributed by atoms with Crippen molar-refractivity contribution in [1.29, 1.82) is 0 Å². The van der Waals surface area contributed by atoms with Crippen LogP contribution in [0.2, 0.25) is 0 Å². The van der Waals surface area contributed by atoms with Crippen molar-refractivity contribution < 1.29 is 19.1 Å². The van der Waals surface area contributed by atoms with Gasteiger partial charge in [-0.25, -0.2) is 0 Å². The zero-order chi connectivity index (χ0) is 15.0. The Morgan fingerprint density at radius 1 is 1.30 bits per heavy atom. The molecular weight excluding hydrogens is 260 g/mol. The second kappa shape index (κ2) is 8.16. The number of carbonyl (C=O) groups excluding carboxylic acids is 2. The number of rotatable bonds is 7. The second-order valence-corrected chi connectivity index (χ2v) is 4.11. The first-order chi connectivity index (χ1) is 9.60. The van der Waals surface area contributed by atoms with E-state index in [0.29, 0.717) is 24.4 Å². The number of carbonyl (C=O) groups is 2. The molecule has 0 heterocycles. The van der Waals surface area contributed by atoms with E-state index in [2.05, 4.69) is 0 Å². The Hall–Kier alpha value is -2.08. The van der Waals surface area contributed by atoms with E-state index in [1.165, 1.54) is 12.0 Å². The molecule has 0 radical (unpaired) electrons. The molecular formula is C14H20N2O4. The number of amides is 1. The first-order valence-corrected chi connectivity index (χ1v) is 6.38. The third-order valence-electron chi connectivity index (χ3n) is 2.67. The van der Waals surface area contributed by atoms with E-state index in [0.717, 1.165) is 0 Å². The highest BCUT2D eigenvalue weighted by Crippen LogP contribution is 2.13. The fraction of sp³-hybridized carbons (Fsp3) is 0.429. The van der Waals surface area contributed by atoms with Crippen LogP contribution in [-0.4, -0.2) is 50.2 Å². The van der Waals surface area contributed by atoms with Gasteiger partial charge < -0.3 is 20.1 Å². The Kier molecular flexibility index (Phi) is 6.52. The Morgan fingerprint density at radius 3 is 2.60 bits per heavy atom. The fourth-order valence-corrected chi connectivity index (χ4v) is 1.68. The number of benzene rings is 1. The molecule has 0 aromatic heterocycles. The maximum atomic E-state index is 12.4. The van der Waals surface area contributed by atoms with Gasteiger partial charge in [0.15, 0.2) is 0 Å². The van der Waals surface area contributed by atoms with Crippen LogP contribution in [0.4, 0.5) is 5.69 Å². The fourth-order valence-electron chi connectivity index (χ4n) is 1.68. The summed E-state index contributed by atoms with van der Waals surface area (Å²) in [6.07, 6.45) is 0. The number of hydrogen-bond acceptors (Lipinski definition) is 5. The molecule has 0 saturated heterocycles. The molecule has 1 aromatic carbocycles. The van der Waals surface area contributed by atoms with E-state index in [-0.39, 0.29) is 19.1 Å². The van der Waals surface area contributed by atoms with E-state index in [1.807, 2.05) is 0 Å². The molecule has 0 aliphatic carbocycles. The first kappa shape index (κ1) is 16.0. The van der Waals surface area contributed by atoms with Crippen LogP contribution in [0.1, 0.15) is 17.3 Å². The lowest BCUT2D eigenvalue weighted by atomic mass is 10.1. The number of nitrogens with zero attached hydrogens (tertiary/aromatic N) is 1. The Bertz CT molecular complexity index is 462. The summed E-state index contributed by atoms with van der Waals surface area (Å²) >= 11 is 0. The summed E-state index contributed by atoms with van der Waals surface area (Å²) in [5, 5.41) is 0. The summed E-state index contributed by atoms with van der Waals surface area (Å²) in [6.45, 7) is 2.50. The summed E-state index contributed by atoms with van der Waals surface area (Å²) in [6, 6.07) is 6.74. The third kappa shape index (κ3) is 4.55. The van der Waals surface area contributed by atoms with Crippen LogP contribution in [-0.2, 0) is 14.3 Å². The van der Waals surface area contributed by atoms with Gasteiger partial charge in [0.05, 0.1) is 18.8 Å². The molecule has 1 rings (SSSR count). The summed E-state index contributed by atoms with van der Waals surface area (Å²) < 4.78 is 9.82. The topological polar surface area (TPSA) is 81.9 Å². The van der Waals surface area contributed by atoms with Crippen LogP contribution >= 0.6 is 0 Å². The standard InChI is InChI=1S/C14H20N2O4/c1-3-20-13(17)10-16(8-9-19-2)14(18)11-6-4-5-7-12(11)15/h4-7H,3,8-10,15H2,1-2H3. The summed E-state index contributed by atoms with van der Waals surface area (Å²) in [5.74, 6) is -0.764. The molecule has 0 bridgehead atoms. The minimum atomic E-state index is -0.452. The quantitative estimate of drug-likeness (QED) is 0.593. The molecule has 0 saturated carbocycles. The third-order valence-corrected chi connectivity index (χ3v) is 2.67. The van der Waals surface area contributed by atoms with Crippen molar-refractivity contribution in [1.82, 2.24) is 4.90 Å². The van der Waals surface area contributed by atoms with Gasteiger partial charge in [-0.1, -0.05) is 12.1 Å². The number of ether oxygens (including phenoxy) is 2. The van der Waals surface area contributed by atoms with Crippen LogP contribution in [0.25, 0.3) is 0 Å². The molecule has 1 amide bonds. The van der Waals surface area contributed by atoms with E-state index in [9.17, 15) is 9.59 Å². The van der Waals surface area contributed by atoms with Crippen molar-refractivity contribution in [2.24, 2.45) is 0 Å². The highest BCUT2D eigenvalue weighted by atomic mass is 16.5. The molecule has 0 aliphatic rings. The van der Waals surface area contributed by atoms with Crippen LogP contribution in [0.5, 0.6) is 0 Å². The number of nitrogen functional groups attached to an aromatic ring is 1. The normalized spacial score (nSPS) is 10.1. The van der Waals surface area contributed by atoms with Crippen molar-refractivity contribution in [3.8, 4) is 0 Å². The smallest absolute Gasteiger partial charge is 0.325 e. The van der Waals surface area contributed by atoms with Gasteiger partial charge in [-0.15, -0.1) is 0 Å². The Morgan fingerprint density at radius 2 is 2.00 bits per heavy atom. The summed E-state index contributed by atoms with van der Waals surface area (Å²) in [7, 11) is 1.53. The molecule has 0 unspecified atom stereocenters. The average Bonchev–Trinajstić information content (AvgIpc) is 2.43. The minimum Gasteiger partial charge on any atom is -0.465 e. The lowest BCUT2D eigenvalue weighted by molar-refractivity contribution is -0.143. The molecule has 0 spiro atoms. The summed E-state index contributed by atoms with van der Waals surface area (Å²) in [5.41, 5.74) is 6.53. The molecule has 1 aromatic rings. The number of para-hydroxylation sites is 1. The van der Waals surface area contributed by atoms with Gasteiger partial charge in [-0.05, 0) is 19.1 Å². The van der Waals surface area contributed by atoms with E-state index >= 15 is 0 Å². The largest absolute Gasteiger partial charge is 0.465 e.